The molecule has 2 nitrogen and oxygen atoms in total. The molecule has 2 aliphatic heterocycles. The Morgan fingerprint density at radius 2 is 0.933 bits per heavy atom. The van der Waals surface area contributed by atoms with Gasteiger partial charge in [0.1, 0.15) is 0 Å². The van der Waals surface area contributed by atoms with Gasteiger partial charge in [-0.15, -0.1) is 0 Å². The van der Waals surface area contributed by atoms with Crippen LogP contribution < -0.4 is 10.6 Å². The highest BCUT2D eigenvalue weighted by Gasteiger charge is 2.23. The topological polar surface area (TPSA) is 24.1 Å². The highest BCUT2D eigenvalue weighted by molar-refractivity contribution is 6.06. The van der Waals surface area contributed by atoms with Gasteiger partial charge in [-0.1, -0.05) is 72.8 Å². The molecule has 5 aromatic carbocycles. The number of fused-ring (bicyclic) bond motifs is 10. The van der Waals surface area contributed by atoms with Gasteiger partial charge in [0.05, 0.1) is 11.4 Å². The Bertz CT molecular complexity index is 1380. The monoisotopic (exact) mass is 384 g/mol. The second-order valence-corrected chi connectivity index (χ2v) is 8.29. The Balaban J connectivity index is 1.46. The quantitative estimate of drug-likeness (QED) is 0.295. The Morgan fingerprint density at radius 1 is 0.467 bits per heavy atom. The first-order valence-corrected chi connectivity index (χ1v) is 10.5. The lowest BCUT2D eigenvalue weighted by Gasteiger charge is -2.28. The predicted octanol–water partition coefficient (Wildman–Crippen LogP) is 7.18. The molecule has 0 aliphatic carbocycles. The molecule has 0 amide bonds. The largest absolute Gasteiger partial charge is 0.380 e. The maximum atomic E-state index is 3.71. The molecule has 0 atom stereocenters. The van der Waals surface area contributed by atoms with E-state index < -0.39 is 0 Å². The molecule has 5 aromatic rings. The summed E-state index contributed by atoms with van der Waals surface area (Å²) in [6.07, 6.45) is 0. The molecule has 2 heteroatoms. The van der Waals surface area contributed by atoms with Gasteiger partial charge in [-0.25, -0.2) is 0 Å². The van der Waals surface area contributed by atoms with Gasteiger partial charge in [0.2, 0.25) is 0 Å². The molecule has 0 saturated heterocycles. The summed E-state index contributed by atoms with van der Waals surface area (Å²) in [5, 5.41) is 12.6. The predicted molar refractivity (Wildman–Crippen MR) is 127 cm³/mol. The molecule has 0 spiro atoms. The summed E-state index contributed by atoms with van der Waals surface area (Å²) in [4.78, 5) is 0. The second-order valence-electron chi connectivity index (χ2n) is 8.29. The van der Waals surface area contributed by atoms with E-state index in [1.54, 1.807) is 0 Å². The molecule has 0 aromatic heterocycles. The molecule has 142 valence electrons. The van der Waals surface area contributed by atoms with Crippen LogP contribution in [0.25, 0.3) is 43.8 Å². The van der Waals surface area contributed by atoms with Crippen LogP contribution in [0.5, 0.6) is 0 Å². The van der Waals surface area contributed by atoms with E-state index >= 15 is 0 Å². The molecular formula is C28H20N2. The number of anilines is 2. The average molecular weight is 384 g/mol. The molecule has 0 bridgehead atoms. The maximum Gasteiger partial charge on any atom is 0.0502 e. The smallest absolute Gasteiger partial charge is 0.0502 e. The van der Waals surface area contributed by atoms with Crippen LogP contribution in [-0.4, -0.2) is 0 Å². The van der Waals surface area contributed by atoms with Crippen LogP contribution in [0.1, 0.15) is 11.1 Å². The second kappa shape index (κ2) is 5.87. The highest BCUT2D eigenvalue weighted by Crippen LogP contribution is 2.46. The van der Waals surface area contributed by atoms with Crippen molar-refractivity contribution in [2.75, 3.05) is 10.6 Å². The van der Waals surface area contributed by atoms with Crippen LogP contribution in [0, 0.1) is 0 Å². The number of rotatable bonds is 0. The Labute approximate surface area is 175 Å². The summed E-state index contributed by atoms with van der Waals surface area (Å²) in [5.74, 6) is 0. The van der Waals surface area contributed by atoms with E-state index in [9.17, 15) is 0 Å². The van der Waals surface area contributed by atoms with E-state index in [1.165, 1.54) is 66.3 Å². The zero-order valence-electron chi connectivity index (χ0n) is 16.5. The van der Waals surface area contributed by atoms with Gasteiger partial charge in [-0.3, -0.25) is 0 Å². The van der Waals surface area contributed by atoms with Crippen molar-refractivity contribution in [2.24, 2.45) is 0 Å². The van der Waals surface area contributed by atoms with Gasteiger partial charge >= 0.3 is 0 Å². The number of nitrogens with one attached hydrogen (secondary N) is 2. The first kappa shape index (κ1) is 16.1. The summed E-state index contributed by atoms with van der Waals surface area (Å²) < 4.78 is 0. The molecule has 7 rings (SSSR count). The van der Waals surface area contributed by atoms with Crippen LogP contribution in [0.3, 0.4) is 0 Å². The molecule has 0 unspecified atom stereocenters. The van der Waals surface area contributed by atoms with Crippen molar-refractivity contribution in [2.45, 2.75) is 13.1 Å². The Hall–Kier alpha value is -3.78. The van der Waals surface area contributed by atoms with Crippen molar-refractivity contribution in [3.8, 4) is 22.3 Å². The maximum absolute atomic E-state index is 3.71. The van der Waals surface area contributed by atoms with E-state index in [2.05, 4.69) is 95.6 Å². The molecule has 2 aliphatic rings. The minimum Gasteiger partial charge on any atom is -0.380 e. The minimum atomic E-state index is 0.861. The lowest BCUT2D eigenvalue weighted by molar-refractivity contribution is 1.09. The Kier molecular flexibility index (Phi) is 3.14. The molecule has 0 fully saturated rings. The van der Waals surface area contributed by atoms with Gasteiger partial charge in [-0.05, 0) is 45.2 Å². The number of hydrogen-bond acceptors (Lipinski definition) is 2. The molecule has 0 radical (unpaired) electrons. The van der Waals surface area contributed by atoms with E-state index in [1.807, 2.05) is 0 Å². The van der Waals surface area contributed by atoms with Gasteiger partial charge in [-0.2, -0.15) is 0 Å². The normalized spacial score (nSPS) is 13.6. The Morgan fingerprint density at radius 3 is 1.43 bits per heavy atom. The third kappa shape index (κ3) is 2.13. The van der Waals surface area contributed by atoms with E-state index in [4.69, 9.17) is 0 Å². The summed E-state index contributed by atoms with van der Waals surface area (Å²) in [6.45, 7) is 1.72. The molecule has 2 N–H and O–H groups in total. The van der Waals surface area contributed by atoms with Gasteiger partial charge < -0.3 is 10.6 Å². The summed E-state index contributed by atoms with van der Waals surface area (Å²) in [5.41, 5.74) is 10.6. The van der Waals surface area contributed by atoms with Gasteiger partial charge in [0, 0.05) is 35.0 Å². The summed E-state index contributed by atoms with van der Waals surface area (Å²) >= 11 is 0. The van der Waals surface area contributed by atoms with E-state index in [0.29, 0.717) is 0 Å². The molecular weight excluding hydrogens is 364 g/mol. The van der Waals surface area contributed by atoms with Gasteiger partial charge in [0.15, 0.2) is 0 Å². The average Bonchev–Trinajstić information content (AvgIpc) is 2.82. The van der Waals surface area contributed by atoms with Crippen LogP contribution in [0.15, 0.2) is 84.9 Å². The van der Waals surface area contributed by atoms with Crippen LogP contribution >= 0.6 is 0 Å². The lowest BCUT2D eigenvalue weighted by Crippen LogP contribution is -2.14. The van der Waals surface area contributed by atoms with E-state index in [0.717, 1.165) is 13.1 Å². The van der Waals surface area contributed by atoms with Gasteiger partial charge in [0.25, 0.3) is 0 Å². The zero-order chi connectivity index (χ0) is 19.7. The zero-order valence-corrected chi connectivity index (χ0v) is 16.5. The van der Waals surface area contributed by atoms with Crippen molar-refractivity contribution in [3.63, 3.8) is 0 Å². The third-order valence-corrected chi connectivity index (χ3v) is 6.68. The minimum absolute atomic E-state index is 0.861. The fraction of sp³-hybridized carbons (Fsp3) is 0.0714. The third-order valence-electron chi connectivity index (χ3n) is 6.68. The lowest BCUT2D eigenvalue weighted by atomic mass is 9.84. The fourth-order valence-corrected chi connectivity index (χ4v) is 5.22. The van der Waals surface area contributed by atoms with Crippen molar-refractivity contribution in [3.05, 3.63) is 96.1 Å². The molecule has 30 heavy (non-hydrogen) atoms. The SMILES string of the molecule is c1ccc2c3c(ccc2c1)-c1cc2c(cc1CN3)-c1ccc3ccccc3c1NC2. The van der Waals surface area contributed by atoms with Crippen LogP contribution in [0.2, 0.25) is 0 Å². The van der Waals surface area contributed by atoms with Crippen molar-refractivity contribution in [1.29, 1.82) is 0 Å². The first-order valence-electron chi connectivity index (χ1n) is 10.5. The van der Waals surface area contributed by atoms with E-state index in [-0.39, 0.29) is 0 Å². The van der Waals surface area contributed by atoms with Crippen LogP contribution in [0.4, 0.5) is 11.4 Å². The van der Waals surface area contributed by atoms with Crippen LogP contribution in [-0.2, 0) is 13.1 Å². The van der Waals surface area contributed by atoms with Crippen molar-refractivity contribution >= 4 is 32.9 Å². The standard InChI is InChI=1S/C28H20N2/c1-3-7-21-17(5-1)9-11-23-25-13-20-16-30-28-22-8-4-2-6-18(22)10-12-24(28)26(20)14-19(25)15-29-27(21)23/h1-14,29-30H,15-16H2. The van der Waals surface area contributed by atoms with Crippen molar-refractivity contribution in [1.82, 2.24) is 0 Å². The van der Waals surface area contributed by atoms with Crippen molar-refractivity contribution < 1.29 is 0 Å². The molecule has 0 saturated carbocycles. The fourth-order valence-electron chi connectivity index (χ4n) is 5.22. The number of hydrogen-bond donors (Lipinski definition) is 2. The first-order chi connectivity index (χ1) is 14.9. The molecule has 2 heterocycles. The summed E-state index contributed by atoms with van der Waals surface area (Å²) in [6, 6.07) is 31.1. The summed E-state index contributed by atoms with van der Waals surface area (Å²) in [7, 11) is 0. The number of benzene rings is 5. The highest BCUT2D eigenvalue weighted by atomic mass is 14.9.